The molecule has 1 rings (SSSR count). The largest absolute Gasteiger partial charge is 0.336 e. The first-order valence-electron chi connectivity index (χ1n) is 8.06. The van der Waals surface area contributed by atoms with Crippen molar-refractivity contribution in [1.82, 2.24) is 5.32 Å². The molecule has 128 valence electrons. The van der Waals surface area contributed by atoms with Crippen LogP contribution in [0.4, 0.5) is 16.2 Å². The van der Waals surface area contributed by atoms with Gasteiger partial charge in [-0.25, -0.2) is 4.79 Å². The lowest BCUT2D eigenvalue weighted by atomic mass is 9.81. The second-order valence-corrected chi connectivity index (χ2v) is 5.98. The normalized spacial score (nSPS) is 11.2. The Morgan fingerprint density at radius 1 is 1.04 bits per heavy atom. The molecule has 0 atom stereocenters. The zero-order valence-electron chi connectivity index (χ0n) is 14.4. The molecule has 6 nitrogen and oxygen atoms in total. The van der Waals surface area contributed by atoms with Crippen LogP contribution in [0.3, 0.4) is 0 Å². The van der Waals surface area contributed by atoms with E-state index < -0.39 is 5.41 Å². The van der Waals surface area contributed by atoms with Gasteiger partial charge in [0.2, 0.25) is 5.91 Å². The first-order chi connectivity index (χ1) is 10.9. The van der Waals surface area contributed by atoms with Gasteiger partial charge < -0.3 is 21.7 Å². The molecule has 23 heavy (non-hydrogen) atoms. The number of nitrogens with one attached hydrogen (secondary N) is 3. The van der Waals surface area contributed by atoms with Crippen LogP contribution in [0.2, 0.25) is 0 Å². The number of rotatable bonds is 7. The summed E-state index contributed by atoms with van der Waals surface area (Å²) in [7, 11) is 0. The fraction of sp³-hybridized carbons (Fsp3) is 0.529. The van der Waals surface area contributed by atoms with E-state index in [0.717, 1.165) is 0 Å². The van der Waals surface area contributed by atoms with Gasteiger partial charge in [0.1, 0.15) is 0 Å². The van der Waals surface area contributed by atoms with Crippen LogP contribution >= 0.6 is 0 Å². The van der Waals surface area contributed by atoms with Crippen LogP contribution in [0.25, 0.3) is 0 Å². The summed E-state index contributed by atoms with van der Waals surface area (Å²) in [5.74, 6) is -0.0664. The highest BCUT2D eigenvalue weighted by molar-refractivity contribution is 5.96. The van der Waals surface area contributed by atoms with E-state index in [4.69, 9.17) is 5.73 Å². The van der Waals surface area contributed by atoms with Crippen molar-refractivity contribution in [2.75, 3.05) is 17.2 Å². The second kappa shape index (κ2) is 8.53. The zero-order chi connectivity index (χ0) is 17.5. The summed E-state index contributed by atoms with van der Waals surface area (Å²) in [6, 6.07) is 6.83. The number of amides is 3. The number of carbonyl (C=O) groups excluding carboxylic acids is 2. The van der Waals surface area contributed by atoms with Crippen LogP contribution in [-0.2, 0) is 4.79 Å². The summed E-state index contributed by atoms with van der Waals surface area (Å²) in [5, 5.41) is 8.38. The number of anilines is 2. The van der Waals surface area contributed by atoms with Gasteiger partial charge in [-0.2, -0.15) is 0 Å². The predicted octanol–water partition coefficient (Wildman–Crippen LogP) is 2.92. The van der Waals surface area contributed by atoms with Gasteiger partial charge in [-0.1, -0.05) is 13.8 Å². The number of hydrogen-bond acceptors (Lipinski definition) is 3. The average molecular weight is 320 g/mol. The highest BCUT2D eigenvalue weighted by Gasteiger charge is 2.33. The molecule has 3 amide bonds. The van der Waals surface area contributed by atoms with E-state index in [-0.39, 0.29) is 18.0 Å². The molecule has 0 aromatic heterocycles. The molecule has 0 saturated carbocycles. The molecular weight excluding hydrogens is 292 g/mol. The Morgan fingerprint density at radius 2 is 1.52 bits per heavy atom. The molecular formula is C17H28N4O2. The summed E-state index contributed by atoms with van der Waals surface area (Å²) >= 11 is 0. The van der Waals surface area contributed by atoms with Crippen molar-refractivity contribution in [2.24, 2.45) is 11.1 Å². The fourth-order valence-corrected chi connectivity index (χ4v) is 2.28. The molecule has 0 bridgehead atoms. The molecule has 6 heteroatoms. The van der Waals surface area contributed by atoms with E-state index in [1.807, 2.05) is 27.7 Å². The van der Waals surface area contributed by atoms with Crippen molar-refractivity contribution in [3.05, 3.63) is 24.3 Å². The third-order valence-corrected chi connectivity index (χ3v) is 4.05. The minimum atomic E-state index is -0.534. The van der Waals surface area contributed by atoms with Crippen LogP contribution < -0.4 is 21.7 Å². The van der Waals surface area contributed by atoms with Crippen LogP contribution in [0.1, 0.15) is 40.5 Å². The standard InChI is InChI=1S/C17H28N4O2/c1-5-17(6-2,11-18)15(22)20-13-7-9-14(10-8-13)21-16(23)19-12(3)4/h7-10,12H,5-6,11,18H2,1-4H3,(H,20,22)(H2,19,21,23). The highest BCUT2D eigenvalue weighted by Crippen LogP contribution is 2.27. The SMILES string of the molecule is CCC(CC)(CN)C(=O)Nc1ccc(NC(=O)NC(C)C)cc1. The lowest BCUT2D eigenvalue weighted by Crippen LogP contribution is -2.41. The summed E-state index contributed by atoms with van der Waals surface area (Å²) in [6.07, 6.45) is 1.39. The Kier molecular flexibility index (Phi) is 7.03. The summed E-state index contributed by atoms with van der Waals surface area (Å²) < 4.78 is 0. The Hall–Kier alpha value is -2.08. The monoisotopic (exact) mass is 320 g/mol. The number of nitrogens with two attached hydrogens (primary N) is 1. The first-order valence-corrected chi connectivity index (χ1v) is 8.06. The molecule has 0 unspecified atom stereocenters. The first kappa shape index (κ1) is 19.0. The molecule has 0 spiro atoms. The van der Waals surface area contributed by atoms with Crippen LogP contribution in [0.15, 0.2) is 24.3 Å². The van der Waals surface area contributed by atoms with Crippen LogP contribution in [0.5, 0.6) is 0 Å². The van der Waals surface area contributed by atoms with Crippen molar-refractivity contribution >= 4 is 23.3 Å². The van der Waals surface area contributed by atoms with E-state index in [1.165, 1.54) is 0 Å². The van der Waals surface area contributed by atoms with Gasteiger partial charge in [-0.15, -0.1) is 0 Å². The van der Waals surface area contributed by atoms with Crippen molar-refractivity contribution in [3.63, 3.8) is 0 Å². The maximum Gasteiger partial charge on any atom is 0.319 e. The van der Waals surface area contributed by atoms with Gasteiger partial charge >= 0.3 is 6.03 Å². The quantitative estimate of drug-likeness (QED) is 0.622. The minimum Gasteiger partial charge on any atom is -0.336 e. The van der Waals surface area contributed by atoms with Crippen LogP contribution in [-0.4, -0.2) is 24.5 Å². The Morgan fingerprint density at radius 3 is 1.91 bits per heavy atom. The molecule has 1 aromatic rings. The van der Waals surface area contributed by atoms with E-state index >= 15 is 0 Å². The molecule has 0 saturated heterocycles. The smallest absolute Gasteiger partial charge is 0.319 e. The predicted molar refractivity (Wildman–Crippen MR) is 94.4 cm³/mol. The van der Waals surface area contributed by atoms with E-state index in [2.05, 4.69) is 16.0 Å². The highest BCUT2D eigenvalue weighted by atomic mass is 16.2. The Bertz CT molecular complexity index is 514. The summed E-state index contributed by atoms with van der Waals surface area (Å²) in [4.78, 5) is 24.1. The maximum atomic E-state index is 12.4. The number of hydrogen-bond donors (Lipinski definition) is 4. The van der Waals surface area contributed by atoms with Gasteiger partial charge in [0, 0.05) is 24.0 Å². The third kappa shape index (κ3) is 5.25. The molecule has 0 aliphatic heterocycles. The lowest BCUT2D eigenvalue weighted by Gasteiger charge is -2.28. The molecule has 5 N–H and O–H groups in total. The topological polar surface area (TPSA) is 96.2 Å². The molecule has 0 aliphatic rings. The number of benzene rings is 1. The van der Waals surface area contributed by atoms with Crippen molar-refractivity contribution in [2.45, 2.75) is 46.6 Å². The molecule has 0 aliphatic carbocycles. The minimum absolute atomic E-state index is 0.0664. The van der Waals surface area contributed by atoms with Gasteiger partial charge in [-0.05, 0) is 51.0 Å². The van der Waals surface area contributed by atoms with Gasteiger partial charge in [0.25, 0.3) is 0 Å². The maximum absolute atomic E-state index is 12.4. The van der Waals surface area contributed by atoms with Crippen molar-refractivity contribution < 1.29 is 9.59 Å². The van der Waals surface area contributed by atoms with Crippen LogP contribution in [0, 0.1) is 5.41 Å². The summed E-state index contributed by atoms with van der Waals surface area (Å²) in [5.41, 5.74) is 6.60. The van der Waals surface area contributed by atoms with Gasteiger partial charge in [-0.3, -0.25) is 4.79 Å². The zero-order valence-corrected chi connectivity index (χ0v) is 14.4. The van der Waals surface area contributed by atoms with Gasteiger partial charge in [0.15, 0.2) is 0 Å². The lowest BCUT2D eigenvalue weighted by molar-refractivity contribution is -0.125. The molecule has 0 radical (unpaired) electrons. The molecule has 0 heterocycles. The third-order valence-electron chi connectivity index (χ3n) is 4.05. The second-order valence-electron chi connectivity index (χ2n) is 5.98. The van der Waals surface area contributed by atoms with E-state index in [9.17, 15) is 9.59 Å². The Balaban J connectivity index is 2.70. The fourth-order valence-electron chi connectivity index (χ4n) is 2.28. The van der Waals surface area contributed by atoms with E-state index in [1.54, 1.807) is 24.3 Å². The Labute approximate surface area is 138 Å². The number of urea groups is 1. The summed E-state index contributed by atoms with van der Waals surface area (Å²) in [6.45, 7) is 8.04. The molecule has 0 fully saturated rings. The van der Waals surface area contributed by atoms with Gasteiger partial charge in [0.05, 0.1) is 5.41 Å². The van der Waals surface area contributed by atoms with Crippen molar-refractivity contribution in [3.8, 4) is 0 Å². The van der Waals surface area contributed by atoms with E-state index in [0.29, 0.717) is 30.8 Å². The average Bonchev–Trinajstić information content (AvgIpc) is 2.51. The molecule has 1 aromatic carbocycles. The number of carbonyl (C=O) groups is 2. The van der Waals surface area contributed by atoms with Crippen molar-refractivity contribution in [1.29, 1.82) is 0 Å².